The van der Waals surface area contributed by atoms with E-state index in [9.17, 15) is 9.59 Å². The summed E-state index contributed by atoms with van der Waals surface area (Å²) in [5.41, 5.74) is 0.608. The molecule has 0 saturated carbocycles. The van der Waals surface area contributed by atoms with Crippen LogP contribution in [0.1, 0.15) is 25.0 Å². The number of carboxylic acids is 1. The van der Waals surface area contributed by atoms with Crippen molar-refractivity contribution in [2.75, 3.05) is 14.2 Å². The van der Waals surface area contributed by atoms with Gasteiger partial charge in [0.25, 0.3) is 0 Å². The zero-order chi connectivity index (χ0) is 15.3. The zero-order valence-electron chi connectivity index (χ0n) is 12.3. The fourth-order valence-corrected chi connectivity index (χ4v) is 1.74. The quantitative estimate of drug-likeness (QED) is 0.860. The second-order valence-electron chi connectivity index (χ2n) is 5.25. The Morgan fingerprint density at radius 3 is 2.45 bits per heavy atom. The Balaban J connectivity index is 2.80. The summed E-state index contributed by atoms with van der Waals surface area (Å²) in [6.45, 7) is 3.50. The Kier molecular flexibility index (Phi) is 5.27. The first-order valence-electron chi connectivity index (χ1n) is 6.36. The van der Waals surface area contributed by atoms with Crippen molar-refractivity contribution in [1.82, 2.24) is 4.90 Å². The van der Waals surface area contributed by atoms with Gasteiger partial charge in [0.2, 0.25) is 5.91 Å². The molecule has 0 bridgehead atoms. The van der Waals surface area contributed by atoms with Gasteiger partial charge in [0.1, 0.15) is 5.54 Å². The molecular formula is C15H21NO4. The molecule has 0 fully saturated rings. The lowest BCUT2D eigenvalue weighted by atomic mass is 10.0. The maximum absolute atomic E-state index is 12.2. The van der Waals surface area contributed by atoms with Gasteiger partial charge in [0.05, 0.1) is 13.0 Å². The van der Waals surface area contributed by atoms with Crippen LogP contribution < -0.4 is 0 Å². The molecule has 5 heteroatoms. The molecule has 0 aliphatic heterocycles. The predicted octanol–water partition coefficient (Wildman–Crippen LogP) is 1.70. The third kappa shape index (κ3) is 3.81. The molecule has 0 heterocycles. The lowest BCUT2D eigenvalue weighted by molar-refractivity contribution is -0.155. The molecule has 1 rings (SSSR count). The highest BCUT2D eigenvalue weighted by Gasteiger charge is 2.34. The second-order valence-corrected chi connectivity index (χ2v) is 5.25. The number of benzene rings is 1. The van der Waals surface area contributed by atoms with Crippen molar-refractivity contribution in [3.05, 3.63) is 35.4 Å². The van der Waals surface area contributed by atoms with E-state index in [0.717, 1.165) is 11.1 Å². The summed E-state index contributed by atoms with van der Waals surface area (Å²) >= 11 is 0. The molecule has 0 saturated heterocycles. The molecule has 0 atom stereocenters. The van der Waals surface area contributed by atoms with E-state index in [2.05, 4.69) is 0 Å². The van der Waals surface area contributed by atoms with Crippen LogP contribution in [0.4, 0.5) is 0 Å². The number of aliphatic carboxylic acids is 1. The number of amides is 1. The first-order chi connectivity index (χ1) is 9.28. The van der Waals surface area contributed by atoms with Crippen LogP contribution in [0.2, 0.25) is 0 Å². The van der Waals surface area contributed by atoms with Gasteiger partial charge >= 0.3 is 5.97 Å². The SMILES string of the molecule is COCc1cccc(CC(=O)N(C)C(C)(C)C(=O)O)c1. The number of rotatable bonds is 6. The fourth-order valence-electron chi connectivity index (χ4n) is 1.74. The summed E-state index contributed by atoms with van der Waals surface area (Å²) in [5.74, 6) is -1.26. The van der Waals surface area contributed by atoms with Crippen LogP contribution in [0.15, 0.2) is 24.3 Å². The van der Waals surface area contributed by atoms with Crippen LogP contribution in [0, 0.1) is 0 Å². The number of hydrogen-bond donors (Lipinski definition) is 1. The van der Waals surface area contributed by atoms with E-state index in [1.807, 2.05) is 24.3 Å². The Morgan fingerprint density at radius 2 is 1.90 bits per heavy atom. The van der Waals surface area contributed by atoms with Crippen molar-refractivity contribution < 1.29 is 19.4 Å². The van der Waals surface area contributed by atoms with Crippen LogP contribution >= 0.6 is 0 Å². The Hall–Kier alpha value is -1.88. The number of methoxy groups -OCH3 is 1. The highest BCUT2D eigenvalue weighted by Crippen LogP contribution is 2.15. The molecule has 1 amide bonds. The lowest BCUT2D eigenvalue weighted by Gasteiger charge is -2.31. The van der Waals surface area contributed by atoms with Crippen LogP contribution in [0.5, 0.6) is 0 Å². The molecule has 1 aromatic carbocycles. The van der Waals surface area contributed by atoms with E-state index in [-0.39, 0.29) is 12.3 Å². The number of ether oxygens (including phenoxy) is 1. The Labute approximate surface area is 119 Å². The monoisotopic (exact) mass is 279 g/mol. The lowest BCUT2D eigenvalue weighted by Crippen LogP contribution is -2.51. The number of carbonyl (C=O) groups excluding carboxylic acids is 1. The maximum atomic E-state index is 12.2. The largest absolute Gasteiger partial charge is 0.480 e. The van der Waals surface area contributed by atoms with E-state index in [1.165, 1.54) is 25.8 Å². The van der Waals surface area contributed by atoms with Gasteiger partial charge in [-0.15, -0.1) is 0 Å². The molecule has 1 N–H and O–H groups in total. The van der Waals surface area contributed by atoms with Gasteiger partial charge in [-0.1, -0.05) is 24.3 Å². The normalized spacial score (nSPS) is 11.2. The number of carbonyl (C=O) groups is 2. The minimum atomic E-state index is -1.22. The zero-order valence-corrected chi connectivity index (χ0v) is 12.3. The molecule has 110 valence electrons. The van der Waals surface area contributed by atoms with E-state index >= 15 is 0 Å². The van der Waals surface area contributed by atoms with E-state index in [1.54, 1.807) is 7.11 Å². The van der Waals surface area contributed by atoms with Crippen molar-refractivity contribution >= 4 is 11.9 Å². The highest BCUT2D eigenvalue weighted by molar-refractivity contribution is 5.87. The minimum Gasteiger partial charge on any atom is -0.480 e. The van der Waals surface area contributed by atoms with Gasteiger partial charge in [0.15, 0.2) is 0 Å². The van der Waals surface area contributed by atoms with E-state index < -0.39 is 11.5 Å². The van der Waals surface area contributed by atoms with E-state index in [0.29, 0.717) is 6.61 Å². The number of likely N-dealkylation sites (N-methyl/N-ethyl adjacent to an activating group) is 1. The molecule has 0 spiro atoms. The van der Waals surface area contributed by atoms with Gasteiger partial charge in [-0.3, -0.25) is 4.79 Å². The molecule has 0 unspecified atom stereocenters. The van der Waals surface area contributed by atoms with Crippen LogP contribution in [-0.2, 0) is 27.4 Å². The average molecular weight is 279 g/mol. The number of hydrogen-bond acceptors (Lipinski definition) is 3. The summed E-state index contributed by atoms with van der Waals surface area (Å²) in [6.07, 6.45) is 0.171. The third-order valence-electron chi connectivity index (χ3n) is 3.39. The average Bonchev–Trinajstić information content (AvgIpc) is 2.38. The van der Waals surface area contributed by atoms with Crippen LogP contribution in [-0.4, -0.2) is 41.6 Å². The first-order valence-corrected chi connectivity index (χ1v) is 6.36. The highest BCUT2D eigenvalue weighted by atomic mass is 16.5. The van der Waals surface area contributed by atoms with Gasteiger partial charge in [-0.05, 0) is 25.0 Å². The van der Waals surface area contributed by atoms with Crippen molar-refractivity contribution in [2.45, 2.75) is 32.4 Å². The summed E-state index contributed by atoms with van der Waals surface area (Å²) in [4.78, 5) is 24.6. The van der Waals surface area contributed by atoms with Gasteiger partial charge < -0.3 is 14.7 Å². The number of carboxylic acid groups (broad SMARTS) is 1. The second kappa shape index (κ2) is 6.52. The van der Waals surface area contributed by atoms with Crippen LogP contribution in [0.3, 0.4) is 0 Å². The van der Waals surface area contributed by atoms with Crippen molar-refractivity contribution in [1.29, 1.82) is 0 Å². The minimum absolute atomic E-state index is 0.171. The van der Waals surface area contributed by atoms with Gasteiger partial charge in [-0.2, -0.15) is 0 Å². The molecule has 0 aliphatic rings. The fraction of sp³-hybridized carbons (Fsp3) is 0.467. The maximum Gasteiger partial charge on any atom is 0.329 e. The Bertz CT molecular complexity index is 496. The van der Waals surface area contributed by atoms with Crippen molar-refractivity contribution in [3.8, 4) is 0 Å². The van der Waals surface area contributed by atoms with Gasteiger partial charge in [-0.25, -0.2) is 4.79 Å². The predicted molar refractivity (Wildman–Crippen MR) is 75.3 cm³/mol. The third-order valence-corrected chi connectivity index (χ3v) is 3.39. The molecule has 0 aliphatic carbocycles. The molecule has 0 radical (unpaired) electrons. The first kappa shape index (κ1) is 16.2. The smallest absolute Gasteiger partial charge is 0.329 e. The summed E-state index contributed by atoms with van der Waals surface area (Å²) in [6, 6.07) is 7.52. The molecule has 1 aromatic rings. The van der Waals surface area contributed by atoms with Crippen LogP contribution in [0.25, 0.3) is 0 Å². The molecular weight excluding hydrogens is 258 g/mol. The summed E-state index contributed by atoms with van der Waals surface area (Å²) in [5, 5.41) is 9.13. The van der Waals surface area contributed by atoms with Gasteiger partial charge in [0, 0.05) is 14.2 Å². The molecule has 5 nitrogen and oxygen atoms in total. The van der Waals surface area contributed by atoms with Crippen molar-refractivity contribution in [3.63, 3.8) is 0 Å². The summed E-state index contributed by atoms with van der Waals surface area (Å²) in [7, 11) is 3.12. The summed E-state index contributed by atoms with van der Waals surface area (Å²) < 4.78 is 5.05. The van der Waals surface area contributed by atoms with E-state index in [4.69, 9.17) is 9.84 Å². The molecule has 20 heavy (non-hydrogen) atoms. The topological polar surface area (TPSA) is 66.8 Å². The Morgan fingerprint density at radius 1 is 1.30 bits per heavy atom. The standard InChI is InChI=1S/C15H21NO4/c1-15(2,14(18)19)16(3)13(17)9-11-6-5-7-12(8-11)10-20-4/h5-8H,9-10H2,1-4H3,(H,18,19). The van der Waals surface area contributed by atoms with Crippen molar-refractivity contribution in [2.24, 2.45) is 0 Å². The molecule has 0 aromatic heterocycles. The number of nitrogens with zero attached hydrogens (tertiary/aromatic N) is 1.